The van der Waals surface area contributed by atoms with Crippen molar-refractivity contribution in [3.63, 3.8) is 0 Å². The molecule has 104 valence electrons. The Morgan fingerprint density at radius 1 is 1.35 bits per heavy atom. The van der Waals surface area contributed by atoms with Crippen molar-refractivity contribution in [3.8, 4) is 6.07 Å². The molecule has 0 aliphatic carbocycles. The molecule has 1 heterocycles. The second-order valence-corrected chi connectivity index (χ2v) is 5.76. The molecule has 0 spiro atoms. The normalized spacial score (nSPS) is 11.2. The first kappa shape index (κ1) is 14.2. The van der Waals surface area contributed by atoms with Crippen molar-refractivity contribution in [1.29, 1.82) is 5.26 Å². The van der Waals surface area contributed by atoms with Crippen LogP contribution in [0.4, 0.5) is 0 Å². The summed E-state index contributed by atoms with van der Waals surface area (Å²) in [6, 6.07) is 7.98. The number of sulfonamides is 1. The van der Waals surface area contributed by atoms with E-state index < -0.39 is 10.0 Å². The van der Waals surface area contributed by atoms with E-state index in [0.717, 1.165) is 0 Å². The van der Waals surface area contributed by atoms with E-state index >= 15 is 0 Å². The Morgan fingerprint density at radius 2 is 2.15 bits per heavy atom. The molecular weight excluding hydrogens is 278 g/mol. The molecule has 2 rings (SSSR count). The van der Waals surface area contributed by atoms with Gasteiger partial charge in [0.15, 0.2) is 0 Å². The monoisotopic (exact) mass is 291 g/mol. The van der Waals surface area contributed by atoms with Crippen LogP contribution in [0.3, 0.4) is 0 Å². The summed E-state index contributed by atoms with van der Waals surface area (Å²) in [6.45, 7) is 0.838. The summed E-state index contributed by atoms with van der Waals surface area (Å²) in [6.07, 6.45) is 3.85. The Morgan fingerprint density at radius 3 is 2.85 bits per heavy atom. The van der Waals surface area contributed by atoms with Crippen LogP contribution in [-0.2, 0) is 16.6 Å². The molecule has 0 saturated carbocycles. The van der Waals surface area contributed by atoms with Crippen molar-refractivity contribution in [2.75, 3.05) is 6.54 Å². The average Bonchev–Trinajstić information content (AvgIpc) is 2.97. The number of hydrogen-bond acceptors (Lipinski definition) is 5. The summed E-state index contributed by atoms with van der Waals surface area (Å²) in [7, 11) is -3.66. The first-order valence-corrected chi connectivity index (χ1v) is 7.45. The molecule has 8 heteroatoms. The third kappa shape index (κ3) is 3.40. The smallest absolute Gasteiger partial charge is 0.241 e. The van der Waals surface area contributed by atoms with Crippen molar-refractivity contribution < 1.29 is 8.42 Å². The molecule has 20 heavy (non-hydrogen) atoms. The fourth-order valence-electron chi connectivity index (χ4n) is 1.67. The van der Waals surface area contributed by atoms with Crippen LogP contribution < -0.4 is 4.72 Å². The van der Waals surface area contributed by atoms with Crippen LogP contribution >= 0.6 is 0 Å². The van der Waals surface area contributed by atoms with Crippen molar-refractivity contribution in [1.82, 2.24) is 19.7 Å². The largest absolute Gasteiger partial charge is 0.253 e. The molecule has 1 aromatic heterocycles. The van der Waals surface area contributed by atoms with Gasteiger partial charge in [-0.1, -0.05) is 17.3 Å². The Kier molecular flexibility index (Phi) is 4.45. The van der Waals surface area contributed by atoms with E-state index in [4.69, 9.17) is 5.26 Å². The molecule has 0 saturated heterocycles. The van der Waals surface area contributed by atoms with E-state index in [1.165, 1.54) is 12.1 Å². The van der Waals surface area contributed by atoms with Crippen molar-refractivity contribution in [2.24, 2.45) is 0 Å². The molecule has 0 aliphatic rings. The molecule has 0 bridgehead atoms. The zero-order valence-corrected chi connectivity index (χ0v) is 11.4. The van der Waals surface area contributed by atoms with Crippen LogP contribution in [0.2, 0.25) is 0 Å². The average molecular weight is 291 g/mol. The van der Waals surface area contributed by atoms with Gasteiger partial charge in [0.1, 0.15) is 6.07 Å². The lowest BCUT2D eigenvalue weighted by Gasteiger charge is -2.07. The summed E-state index contributed by atoms with van der Waals surface area (Å²) in [5.74, 6) is 0. The molecule has 0 unspecified atom stereocenters. The van der Waals surface area contributed by atoms with Gasteiger partial charge in [-0.2, -0.15) is 5.26 Å². The van der Waals surface area contributed by atoms with Crippen LogP contribution in [0.1, 0.15) is 12.0 Å². The zero-order chi connectivity index (χ0) is 14.4. The molecule has 0 amide bonds. The number of aromatic nitrogens is 3. The third-order valence-electron chi connectivity index (χ3n) is 2.63. The Labute approximate surface area is 116 Å². The molecule has 7 nitrogen and oxygen atoms in total. The molecule has 0 atom stereocenters. The third-order valence-corrected chi connectivity index (χ3v) is 4.14. The highest BCUT2D eigenvalue weighted by Gasteiger charge is 2.17. The van der Waals surface area contributed by atoms with Crippen molar-refractivity contribution in [3.05, 3.63) is 42.2 Å². The molecular formula is C12H13N5O2S. The minimum absolute atomic E-state index is 0.00301. The van der Waals surface area contributed by atoms with E-state index in [1.807, 2.05) is 6.07 Å². The summed E-state index contributed by atoms with van der Waals surface area (Å²) < 4.78 is 28.2. The van der Waals surface area contributed by atoms with E-state index in [0.29, 0.717) is 13.0 Å². The van der Waals surface area contributed by atoms with Gasteiger partial charge in [0, 0.05) is 19.3 Å². The quantitative estimate of drug-likeness (QED) is 0.782. The zero-order valence-electron chi connectivity index (χ0n) is 10.6. The lowest BCUT2D eigenvalue weighted by atomic mass is 10.2. The summed E-state index contributed by atoms with van der Waals surface area (Å²) in [5, 5.41) is 16.4. The molecule has 0 aliphatic heterocycles. The second kappa shape index (κ2) is 6.27. The first-order valence-electron chi connectivity index (χ1n) is 5.96. The van der Waals surface area contributed by atoms with E-state index in [2.05, 4.69) is 15.0 Å². The molecule has 2 aromatic rings. The number of rotatable bonds is 6. The highest BCUT2D eigenvalue weighted by atomic mass is 32.2. The molecule has 1 N–H and O–H groups in total. The highest BCUT2D eigenvalue weighted by Crippen LogP contribution is 2.13. The molecule has 1 aromatic carbocycles. The number of nitrogens with one attached hydrogen (secondary N) is 1. The summed E-state index contributed by atoms with van der Waals surface area (Å²) in [4.78, 5) is 0.00301. The first-order chi connectivity index (χ1) is 9.63. The molecule has 0 fully saturated rings. The fraction of sp³-hybridized carbons (Fsp3) is 0.250. The van der Waals surface area contributed by atoms with Crippen LogP contribution in [0.5, 0.6) is 0 Å². The van der Waals surface area contributed by atoms with Gasteiger partial charge in [-0.15, -0.1) is 5.10 Å². The number of nitriles is 1. The van der Waals surface area contributed by atoms with Crippen molar-refractivity contribution >= 4 is 10.0 Å². The van der Waals surface area contributed by atoms with Crippen LogP contribution in [0, 0.1) is 11.3 Å². The minimum Gasteiger partial charge on any atom is -0.253 e. The maximum atomic E-state index is 12.1. The second-order valence-electron chi connectivity index (χ2n) is 4.03. The maximum Gasteiger partial charge on any atom is 0.241 e. The van der Waals surface area contributed by atoms with Gasteiger partial charge in [0.2, 0.25) is 10.0 Å². The predicted molar refractivity (Wildman–Crippen MR) is 71.0 cm³/mol. The van der Waals surface area contributed by atoms with Gasteiger partial charge < -0.3 is 0 Å². The lowest BCUT2D eigenvalue weighted by molar-refractivity contribution is 0.542. The maximum absolute atomic E-state index is 12.1. The highest BCUT2D eigenvalue weighted by molar-refractivity contribution is 7.89. The Bertz CT molecular complexity index is 704. The van der Waals surface area contributed by atoms with Gasteiger partial charge in [-0.05, 0) is 18.6 Å². The molecule has 0 radical (unpaired) electrons. The van der Waals surface area contributed by atoms with E-state index in [-0.39, 0.29) is 17.0 Å². The number of nitrogens with zero attached hydrogens (tertiary/aromatic N) is 4. The SMILES string of the molecule is N#Cc1ccccc1S(=O)(=O)NCCCn1ccnn1. The van der Waals surface area contributed by atoms with Gasteiger partial charge in [0.25, 0.3) is 0 Å². The van der Waals surface area contributed by atoms with Crippen LogP contribution in [-0.4, -0.2) is 30.0 Å². The van der Waals surface area contributed by atoms with Gasteiger partial charge in [-0.25, -0.2) is 13.1 Å². The van der Waals surface area contributed by atoms with Crippen LogP contribution in [0.15, 0.2) is 41.6 Å². The fourth-order valence-corrected chi connectivity index (χ4v) is 2.90. The van der Waals surface area contributed by atoms with E-state index in [1.54, 1.807) is 29.2 Å². The summed E-state index contributed by atoms with van der Waals surface area (Å²) in [5.41, 5.74) is 0.135. The predicted octanol–water partition coefficient (Wildman–Crippen LogP) is 0.518. The Hall–Kier alpha value is -2.24. The standard InChI is InChI=1S/C12H13N5O2S/c13-10-11-4-1-2-5-12(11)20(18,19)15-6-3-8-17-9-7-14-16-17/h1-2,4-5,7,9,15H,3,6,8H2. The van der Waals surface area contributed by atoms with E-state index in [9.17, 15) is 8.42 Å². The summed E-state index contributed by atoms with van der Waals surface area (Å²) >= 11 is 0. The lowest BCUT2D eigenvalue weighted by Crippen LogP contribution is -2.26. The van der Waals surface area contributed by atoms with Gasteiger partial charge in [0.05, 0.1) is 16.7 Å². The minimum atomic E-state index is -3.66. The van der Waals surface area contributed by atoms with Gasteiger partial charge in [-0.3, -0.25) is 4.68 Å². The van der Waals surface area contributed by atoms with Crippen LogP contribution in [0.25, 0.3) is 0 Å². The van der Waals surface area contributed by atoms with Gasteiger partial charge >= 0.3 is 0 Å². The number of benzene rings is 1. The topological polar surface area (TPSA) is 101 Å². The number of hydrogen-bond donors (Lipinski definition) is 1. The van der Waals surface area contributed by atoms with Crippen molar-refractivity contribution in [2.45, 2.75) is 17.9 Å². The Balaban J connectivity index is 1.96. The number of aryl methyl sites for hydroxylation is 1.